The number of hydrogen-bond donors (Lipinski definition) is 1. The molecule has 12 heteroatoms. The average molecular weight is 446 g/mol. The largest absolute Gasteiger partial charge is 0.431 e. The molecule has 1 amide bonds. The van der Waals surface area contributed by atoms with Gasteiger partial charge in [0, 0.05) is 12.1 Å². The number of carbonyl (C=O) groups excluding carboxylic acids is 1. The highest BCUT2D eigenvalue weighted by molar-refractivity contribution is 7.99. The van der Waals surface area contributed by atoms with Crippen LogP contribution in [0.25, 0.3) is 11.1 Å². The third kappa shape index (κ3) is 4.58. The first-order chi connectivity index (χ1) is 14.2. The van der Waals surface area contributed by atoms with Crippen molar-refractivity contribution in [2.45, 2.75) is 17.0 Å². The van der Waals surface area contributed by atoms with Crippen molar-refractivity contribution in [3.63, 3.8) is 0 Å². The van der Waals surface area contributed by atoms with Gasteiger partial charge in [-0.25, -0.2) is 13.4 Å². The average Bonchev–Trinajstić information content (AvgIpc) is 3.14. The number of oxazole rings is 1. The zero-order chi connectivity index (χ0) is 21.9. The van der Waals surface area contributed by atoms with E-state index >= 15 is 0 Å². The number of hydrogen-bond acceptors (Lipinski definition) is 9. The summed E-state index contributed by atoms with van der Waals surface area (Å²) < 4.78 is 29.5. The van der Waals surface area contributed by atoms with Crippen molar-refractivity contribution in [3.8, 4) is 6.07 Å². The van der Waals surface area contributed by atoms with E-state index in [-0.39, 0.29) is 38.6 Å². The minimum absolute atomic E-state index is 0.0333. The van der Waals surface area contributed by atoms with Crippen molar-refractivity contribution in [1.82, 2.24) is 4.98 Å². The molecule has 2 aromatic carbocycles. The molecule has 0 bridgehead atoms. The number of aromatic nitrogens is 1. The number of anilines is 1. The van der Waals surface area contributed by atoms with Crippen LogP contribution < -0.4 is 5.32 Å². The first-order valence-electron chi connectivity index (χ1n) is 8.48. The van der Waals surface area contributed by atoms with E-state index in [1.54, 1.807) is 13.0 Å². The van der Waals surface area contributed by atoms with E-state index in [0.717, 1.165) is 17.8 Å². The molecule has 0 aliphatic rings. The molecule has 1 aromatic heterocycles. The Morgan fingerprint density at radius 3 is 2.77 bits per heavy atom. The zero-order valence-corrected chi connectivity index (χ0v) is 17.1. The fourth-order valence-electron chi connectivity index (χ4n) is 2.47. The number of benzene rings is 2. The van der Waals surface area contributed by atoms with Crippen molar-refractivity contribution in [2.75, 3.05) is 16.8 Å². The lowest BCUT2D eigenvalue weighted by Crippen LogP contribution is -2.15. The van der Waals surface area contributed by atoms with Crippen molar-refractivity contribution in [1.29, 1.82) is 5.26 Å². The monoisotopic (exact) mass is 446 g/mol. The molecule has 1 N–H and O–H groups in total. The lowest BCUT2D eigenvalue weighted by atomic mass is 10.1. The maximum Gasteiger partial charge on any atom is 0.270 e. The Hall–Kier alpha value is -3.43. The SMILES string of the molecule is CCS(=O)(=O)c1ccc2oc(SCC(=O)Nc3ccc([N+](=O)[O-])cc3C#N)nc2c1. The minimum atomic E-state index is -3.38. The molecular weight excluding hydrogens is 432 g/mol. The number of nitrogens with one attached hydrogen (secondary N) is 1. The van der Waals surface area contributed by atoms with Gasteiger partial charge in [-0.2, -0.15) is 5.26 Å². The number of carbonyl (C=O) groups is 1. The summed E-state index contributed by atoms with van der Waals surface area (Å²) in [6.07, 6.45) is 0. The molecule has 0 unspecified atom stereocenters. The van der Waals surface area contributed by atoms with Gasteiger partial charge in [0.25, 0.3) is 10.9 Å². The molecule has 0 fully saturated rings. The van der Waals surface area contributed by atoms with E-state index in [1.807, 2.05) is 0 Å². The number of non-ortho nitro benzene ring substituents is 1. The van der Waals surface area contributed by atoms with Gasteiger partial charge in [0.05, 0.1) is 32.6 Å². The lowest BCUT2D eigenvalue weighted by molar-refractivity contribution is -0.384. The molecule has 10 nitrogen and oxygen atoms in total. The second kappa shape index (κ2) is 8.52. The molecule has 0 atom stereocenters. The van der Waals surface area contributed by atoms with Gasteiger partial charge in [-0.1, -0.05) is 18.7 Å². The number of nitriles is 1. The van der Waals surface area contributed by atoms with Crippen LogP contribution in [0, 0.1) is 21.4 Å². The van der Waals surface area contributed by atoms with Crippen LogP contribution in [0.15, 0.2) is 50.9 Å². The molecule has 0 aliphatic carbocycles. The maximum atomic E-state index is 12.2. The van der Waals surface area contributed by atoms with E-state index in [9.17, 15) is 23.3 Å². The highest BCUT2D eigenvalue weighted by Crippen LogP contribution is 2.26. The Kier molecular flexibility index (Phi) is 6.04. The Morgan fingerprint density at radius 1 is 1.33 bits per heavy atom. The van der Waals surface area contributed by atoms with E-state index in [1.165, 1.54) is 30.3 Å². The summed E-state index contributed by atoms with van der Waals surface area (Å²) in [7, 11) is -3.38. The van der Waals surface area contributed by atoms with Gasteiger partial charge in [-0.05, 0) is 24.3 Å². The van der Waals surface area contributed by atoms with Gasteiger partial charge in [-0.15, -0.1) is 0 Å². The predicted octanol–water partition coefficient (Wildman–Crippen LogP) is 3.13. The number of fused-ring (bicyclic) bond motifs is 1. The zero-order valence-electron chi connectivity index (χ0n) is 15.5. The molecule has 0 radical (unpaired) electrons. The van der Waals surface area contributed by atoms with E-state index < -0.39 is 20.7 Å². The molecule has 3 aromatic rings. The topological polar surface area (TPSA) is 156 Å². The Labute approximate surface area is 175 Å². The molecule has 3 rings (SSSR count). The lowest BCUT2D eigenvalue weighted by Gasteiger charge is -2.05. The fraction of sp³-hybridized carbons (Fsp3) is 0.167. The number of nitro benzene ring substituents is 1. The Morgan fingerprint density at radius 2 is 2.10 bits per heavy atom. The van der Waals surface area contributed by atoms with Gasteiger partial charge in [0.1, 0.15) is 11.6 Å². The molecule has 0 saturated heterocycles. The number of amides is 1. The van der Waals surface area contributed by atoms with Crippen molar-refractivity contribution >= 4 is 50.0 Å². The van der Waals surface area contributed by atoms with Crippen molar-refractivity contribution in [2.24, 2.45) is 0 Å². The summed E-state index contributed by atoms with van der Waals surface area (Å²) in [5.41, 5.74) is 0.606. The number of sulfone groups is 1. The Bertz CT molecular complexity index is 1290. The summed E-state index contributed by atoms with van der Waals surface area (Å²) >= 11 is 0.984. The summed E-state index contributed by atoms with van der Waals surface area (Å²) in [6, 6.07) is 9.71. The van der Waals surface area contributed by atoms with Crippen molar-refractivity contribution < 1.29 is 22.6 Å². The number of rotatable bonds is 7. The van der Waals surface area contributed by atoms with Crippen LogP contribution in [0.5, 0.6) is 0 Å². The standard InChI is InChI=1S/C18H14N4O6S2/c1-2-30(26,27)13-4-6-16-15(8-13)21-18(28-16)29-10-17(23)20-14-5-3-12(22(24)25)7-11(14)9-19/h3-8H,2,10H2,1H3,(H,20,23). The second-order valence-electron chi connectivity index (χ2n) is 5.95. The molecule has 0 spiro atoms. The summed E-state index contributed by atoms with van der Waals surface area (Å²) in [5.74, 6) is -0.609. The first-order valence-corrected chi connectivity index (χ1v) is 11.1. The molecular formula is C18H14N4O6S2. The fourth-order valence-corrected chi connectivity index (χ4v) is 4.01. The molecule has 0 saturated carbocycles. The third-order valence-corrected chi connectivity index (χ3v) is 6.57. The summed E-state index contributed by atoms with van der Waals surface area (Å²) in [5, 5.41) is 22.6. The van der Waals surface area contributed by atoms with Crippen LogP contribution in [0.2, 0.25) is 0 Å². The number of nitrogens with zero attached hydrogens (tertiary/aromatic N) is 3. The van der Waals surface area contributed by atoms with Gasteiger partial charge in [0.2, 0.25) is 5.91 Å². The molecule has 1 heterocycles. The molecule has 154 valence electrons. The maximum absolute atomic E-state index is 12.2. The molecule has 0 aliphatic heterocycles. The van der Waals surface area contributed by atoms with E-state index in [0.29, 0.717) is 11.1 Å². The highest BCUT2D eigenvalue weighted by atomic mass is 32.2. The van der Waals surface area contributed by atoms with Gasteiger partial charge >= 0.3 is 0 Å². The number of thioether (sulfide) groups is 1. The number of nitro groups is 1. The predicted molar refractivity (Wildman–Crippen MR) is 109 cm³/mol. The first kappa shape index (κ1) is 21.3. The summed E-state index contributed by atoms with van der Waals surface area (Å²) in [6.45, 7) is 1.55. The van der Waals surface area contributed by atoms with Crippen LogP contribution in [-0.2, 0) is 14.6 Å². The summed E-state index contributed by atoms with van der Waals surface area (Å²) in [4.78, 5) is 26.7. The third-order valence-electron chi connectivity index (χ3n) is 4.01. The van der Waals surface area contributed by atoms with Crippen LogP contribution in [0.1, 0.15) is 12.5 Å². The highest BCUT2D eigenvalue weighted by Gasteiger charge is 2.16. The van der Waals surface area contributed by atoms with Crippen LogP contribution in [0.4, 0.5) is 11.4 Å². The van der Waals surface area contributed by atoms with Crippen LogP contribution >= 0.6 is 11.8 Å². The van der Waals surface area contributed by atoms with E-state index in [2.05, 4.69) is 10.3 Å². The van der Waals surface area contributed by atoms with E-state index in [4.69, 9.17) is 9.68 Å². The minimum Gasteiger partial charge on any atom is -0.431 e. The normalized spacial score (nSPS) is 11.2. The van der Waals surface area contributed by atoms with Gasteiger partial charge in [-0.3, -0.25) is 14.9 Å². The smallest absolute Gasteiger partial charge is 0.270 e. The molecule has 30 heavy (non-hydrogen) atoms. The van der Waals surface area contributed by atoms with Crippen LogP contribution in [-0.4, -0.2) is 35.7 Å². The van der Waals surface area contributed by atoms with Gasteiger partial charge in [0.15, 0.2) is 15.4 Å². The quantitative estimate of drug-likeness (QED) is 0.327. The van der Waals surface area contributed by atoms with Crippen molar-refractivity contribution in [3.05, 3.63) is 52.1 Å². The second-order valence-corrected chi connectivity index (χ2v) is 9.15. The van der Waals surface area contributed by atoms with Crippen LogP contribution in [0.3, 0.4) is 0 Å². The Balaban J connectivity index is 1.70. The van der Waals surface area contributed by atoms with Gasteiger partial charge < -0.3 is 9.73 Å².